The van der Waals surface area contributed by atoms with Gasteiger partial charge in [-0.05, 0) is 51.4 Å². The summed E-state index contributed by atoms with van der Waals surface area (Å²) in [6, 6.07) is 0. The summed E-state index contributed by atoms with van der Waals surface area (Å²) in [5, 5.41) is 0. The minimum atomic E-state index is -0.773. The average Bonchev–Trinajstić information content (AvgIpc) is 3.40. The molecule has 0 spiro atoms. The molecule has 0 N–H and O–H groups in total. The predicted octanol–water partition coefficient (Wildman–Crippen LogP) is 22.6. The lowest BCUT2D eigenvalue weighted by atomic mass is 10.0. The van der Waals surface area contributed by atoms with Crippen molar-refractivity contribution in [3.05, 3.63) is 24.3 Å². The van der Waals surface area contributed by atoms with Crippen molar-refractivity contribution in [1.82, 2.24) is 0 Å². The third kappa shape index (κ3) is 60.8. The van der Waals surface area contributed by atoms with Gasteiger partial charge in [0.2, 0.25) is 0 Å². The predicted molar refractivity (Wildman–Crippen MR) is 321 cm³/mol. The Hall–Kier alpha value is -2.11. The van der Waals surface area contributed by atoms with Crippen molar-refractivity contribution in [1.29, 1.82) is 0 Å². The van der Waals surface area contributed by atoms with Crippen LogP contribution in [0.4, 0.5) is 0 Å². The molecule has 0 amide bonds. The van der Waals surface area contributed by atoms with Gasteiger partial charge >= 0.3 is 17.9 Å². The van der Waals surface area contributed by atoms with E-state index in [9.17, 15) is 14.4 Å². The lowest BCUT2D eigenvalue weighted by Crippen LogP contribution is -2.30. The first-order valence-corrected chi connectivity index (χ1v) is 33.3. The Balaban J connectivity index is 4.28. The zero-order chi connectivity index (χ0) is 53.6. The quantitative estimate of drug-likeness (QED) is 0.0261. The third-order valence-corrected chi connectivity index (χ3v) is 15.2. The monoisotopic (exact) mass is 1040 g/mol. The molecule has 6 nitrogen and oxygen atoms in total. The molecule has 1 atom stereocenters. The van der Waals surface area contributed by atoms with Gasteiger partial charge in [-0.25, -0.2) is 0 Å². The van der Waals surface area contributed by atoms with Gasteiger partial charge in [-0.15, -0.1) is 0 Å². The van der Waals surface area contributed by atoms with Crippen molar-refractivity contribution in [2.45, 2.75) is 380 Å². The molecule has 0 aliphatic heterocycles. The normalized spacial score (nSPS) is 12.1. The molecule has 6 heteroatoms. The number of carbonyl (C=O) groups excluding carboxylic acids is 3. The van der Waals surface area contributed by atoms with Gasteiger partial charge in [0.15, 0.2) is 6.10 Å². The van der Waals surface area contributed by atoms with E-state index in [1.807, 2.05) is 0 Å². The Morgan fingerprint density at radius 1 is 0.270 bits per heavy atom. The van der Waals surface area contributed by atoms with Crippen LogP contribution in [0, 0.1) is 0 Å². The molecule has 0 aromatic carbocycles. The molecule has 0 rings (SSSR count). The van der Waals surface area contributed by atoms with Crippen molar-refractivity contribution in [2.24, 2.45) is 0 Å². The zero-order valence-corrected chi connectivity index (χ0v) is 50.1. The maximum absolute atomic E-state index is 12.9. The average molecular weight is 1040 g/mol. The van der Waals surface area contributed by atoms with Crippen molar-refractivity contribution >= 4 is 17.9 Å². The smallest absolute Gasteiger partial charge is 0.306 e. The summed E-state index contributed by atoms with van der Waals surface area (Å²) in [4.78, 5) is 38.4. The lowest BCUT2D eigenvalue weighted by Gasteiger charge is -2.18. The highest BCUT2D eigenvalue weighted by molar-refractivity contribution is 5.71. The molecule has 0 heterocycles. The van der Waals surface area contributed by atoms with Gasteiger partial charge in [0.05, 0.1) is 0 Å². The summed E-state index contributed by atoms with van der Waals surface area (Å²) in [7, 11) is 0. The Morgan fingerprint density at radius 3 is 0.770 bits per heavy atom. The molecular weight excluding hydrogens is 913 g/mol. The van der Waals surface area contributed by atoms with Gasteiger partial charge in [-0.3, -0.25) is 14.4 Å². The number of ether oxygens (including phenoxy) is 3. The topological polar surface area (TPSA) is 78.9 Å². The number of unbranched alkanes of at least 4 members (excludes halogenated alkanes) is 47. The highest BCUT2D eigenvalue weighted by atomic mass is 16.6. The van der Waals surface area contributed by atoms with Crippen molar-refractivity contribution < 1.29 is 28.6 Å². The van der Waals surface area contributed by atoms with Crippen molar-refractivity contribution in [2.75, 3.05) is 13.2 Å². The molecule has 0 aromatic heterocycles. The maximum Gasteiger partial charge on any atom is 0.306 e. The van der Waals surface area contributed by atoms with Gasteiger partial charge < -0.3 is 14.2 Å². The summed E-state index contributed by atoms with van der Waals surface area (Å²) in [6.45, 7) is 6.68. The Kier molecular flexibility index (Phi) is 61.6. The standard InChI is InChI=1S/C68H128O6/c1-4-7-10-13-16-19-22-25-28-30-32-33-34-36-37-40-43-46-49-52-55-58-61-67(70)73-64-65(63-72-66(69)60-57-54-51-48-45-42-39-27-24-21-18-15-12-9-6-3)74-68(71)62-59-56-53-50-47-44-41-38-35-31-29-26-23-20-17-14-11-8-5-2/h18,21,27,39,65H,4-17,19-20,22-26,28-38,40-64H2,1-3H3/b21-18-,39-27-. The minimum Gasteiger partial charge on any atom is -0.462 e. The SMILES string of the molecule is CCCCC/C=C\C/C=C\CCCCCCCC(=O)OCC(COC(=O)CCCCCCCCCCCCCCCCCCCCCCCC)OC(=O)CCCCCCCCCCCCCCCCCCCCC. The van der Waals surface area contributed by atoms with Crippen LogP contribution in [0.15, 0.2) is 24.3 Å². The fourth-order valence-corrected chi connectivity index (χ4v) is 10.2. The van der Waals surface area contributed by atoms with Gasteiger partial charge in [0.25, 0.3) is 0 Å². The molecule has 0 fully saturated rings. The maximum atomic E-state index is 12.9. The van der Waals surface area contributed by atoms with Crippen LogP contribution >= 0.6 is 0 Å². The lowest BCUT2D eigenvalue weighted by molar-refractivity contribution is -0.167. The first kappa shape index (κ1) is 71.9. The number of hydrogen-bond acceptors (Lipinski definition) is 6. The van der Waals surface area contributed by atoms with Gasteiger partial charge in [-0.2, -0.15) is 0 Å². The van der Waals surface area contributed by atoms with Crippen molar-refractivity contribution in [3.8, 4) is 0 Å². The van der Waals surface area contributed by atoms with Crippen LogP contribution in [-0.4, -0.2) is 37.2 Å². The number of allylic oxidation sites excluding steroid dienone is 4. The first-order chi connectivity index (χ1) is 36.5. The summed E-state index contributed by atoms with van der Waals surface area (Å²) in [6.07, 6.45) is 76.2. The molecule has 436 valence electrons. The van der Waals surface area contributed by atoms with E-state index in [0.717, 1.165) is 77.0 Å². The molecule has 74 heavy (non-hydrogen) atoms. The third-order valence-electron chi connectivity index (χ3n) is 15.2. The van der Waals surface area contributed by atoms with E-state index in [2.05, 4.69) is 45.1 Å². The summed E-state index contributed by atoms with van der Waals surface area (Å²) in [5.74, 6) is -0.853. The molecule has 0 bridgehead atoms. The Labute approximate surface area is 462 Å². The van der Waals surface area contributed by atoms with Crippen molar-refractivity contribution in [3.63, 3.8) is 0 Å². The number of esters is 3. The van der Waals surface area contributed by atoms with E-state index in [-0.39, 0.29) is 31.1 Å². The molecule has 0 aromatic rings. The second kappa shape index (κ2) is 63.4. The van der Waals surface area contributed by atoms with E-state index >= 15 is 0 Å². The van der Waals surface area contributed by atoms with Gasteiger partial charge in [0.1, 0.15) is 13.2 Å². The number of carbonyl (C=O) groups is 3. The molecule has 0 aliphatic carbocycles. The molecule has 0 aliphatic rings. The fraction of sp³-hybridized carbons (Fsp3) is 0.897. The van der Waals surface area contributed by atoms with E-state index in [4.69, 9.17) is 14.2 Å². The zero-order valence-electron chi connectivity index (χ0n) is 50.1. The van der Waals surface area contributed by atoms with Crippen LogP contribution < -0.4 is 0 Å². The highest BCUT2D eigenvalue weighted by Crippen LogP contribution is 2.18. The van der Waals surface area contributed by atoms with E-state index < -0.39 is 6.10 Å². The first-order valence-electron chi connectivity index (χ1n) is 33.3. The second-order valence-electron chi connectivity index (χ2n) is 22.7. The Bertz CT molecular complexity index is 1190. The second-order valence-corrected chi connectivity index (χ2v) is 22.7. The molecule has 1 unspecified atom stereocenters. The van der Waals surface area contributed by atoms with Crippen LogP contribution in [0.1, 0.15) is 374 Å². The minimum absolute atomic E-state index is 0.0694. The van der Waals surface area contributed by atoms with Crippen LogP contribution in [-0.2, 0) is 28.6 Å². The fourth-order valence-electron chi connectivity index (χ4n) is 10.2. The molecular formula is C68H128O6. The molecule has 0 saturated carbocycles. The number of rotatable bonds is 62. The van der Waals surface area contributed by atoms with Crippen LogP contribution in [0.5, 0.6) is 0 Å². The van der Waals surface area contributed by atoms with E-state index in [0.29, 0.717) is 19.3 Å². The number of hydrogen-bond donors (Lipinski definition) is 0. The van der Waals surface area contributed by atoms with E-state index in [1.165, 1.54) is 257 Å². The van der Waals surface area contributed by atoms with Gasteiger partial charge in [-0.1, -0.05) is 328 Å². The summed E-state index contributed by atoms with van der Waals surface area (Å²) >= 11 is 0. The Morgan fingerprint density at radius 2 is 0.486 bits per heavy atom. The van der Waals surface area contributed by atoms with E-state index in [1.54, 1.807) is 0 Å². The van der Waals surface area contributed by atoms with Crippen LogP contribution in [0.25, 0.3) is 0 Å². The van der Waals surface area contributed by atoms with Crippen LogP contribution in [0.3, 0.4) is 0 Å². The van der Waals surface area contributed by atoms with Crippen LogP contribution in [0.2, 0.25) is 0 Å². The molecule has 0 saturated heterocycles. The summed E-state index contributed by atoms with van der Waals surface area (Å²) in [5.41, 5.74) is 0. The highest BCUT2D eigenvalue weighted by Gasteiger charge is 2.19. The summed E-state index contributed by atoms with van der Waals surface area (Å²) < 4.78 is 17.0. The largest absolute Gasteiger partial charge is 0.462 e. The van der Waals surface area contributed by atoms with Gasteiger partial charge in [0, 0.05) is 19.3 Å². The molecule has 0 radical (unpaired) electrons.